The van der Waals surface area contributed by atoms with Crippen LogP contribution in [0.1, 0.15) is 22.9 Å². The number of ether oxygens (including phenoxy) is 1. The molecule has 0 spiro atoms. The van der Waals surface area contributed by atoms with E-state index in [4.69, 9.17) is 0 Å². The Morgan fingerprint density at radius 3 is 2.39 bits per heavy atom. The fourth-order valence-electron chi connectivity index (χ4n) is 3.21. The molecule has 2 aromatic rings. The lowest BCUT2D eigenvalue weighted by Crippen LogP contribution is -2.47. The minimum Gasteiger partial charge on any atom is -0.385 e. The van der Waals surface area contributed by atoms with Gasteiger partial charge in [-0.1, -0.05) is 0 Å². The molecule has 1 aromatic carbocycles. The molecule has 1 saturated heterocycles. The van der Waals surface area contributed by atoms with Gasteiger partial charge in [0, 0.05) is 46.0 Å². The number of fused-ring (bicyclic) bond motifs is 2. The van der Waals surface area contributed by atoms with Crippen LogP contribution >= 0.6 is 11.3 Å². The molecule has 3 heterocycles. The van der Waals surface area contributed by atoms with Gasteiger partial charge in [0.05, 0.1) is 16.9 Å². The van der Waals surface area contributed by atoms with E-state index in [-0.39, 0.29) is 0 Å². The number of rotatable bonds is 1. The summed E-state index contributed by atoms with van der Waals surface area (Å²) >= 11 is 0.650. The number of alkyl halides is 3. The van der Waals surface area contributed by atoms with E-state index in [1.165, 1.54) is 6.07 Å². The van der Waals surface area contributed by atoms with Crippen molar-refractivity contribution in [2.75, 3.05) is 52.3 Å². The molecular formula is C21H26F4N4OS. The largest absolute Gasteiger partial charge is 0.425 e. The monoisotopic (exact) mass is 458 g/mol. The van der Waals surface area contributed by atoms with Crippen LogP contribution in [0.2, 0.25) is 0 Å². The van der Waals surface area contributed by atoms with Crippen molar-refractivity contribution in [3.63, 3.8) is 0 Å². The highest BCUT2D eigenvalue weighted by atomic mass is 32.1. The van der Waals surface area contributed by atoms with Gasteiger partial charge in [0.2, 0.25) is 0 Å². The standard InChI is InChI=1S/C18H18F4N4S.C3H8O/c1-10-7-13-14(9-12(10)19)23-16(26-5-3-25(2)4-6-26)11-8-15(18(20,21)22)27-17(11)24-13;1-3-4-2/h7-9,24H,3-6H2,1-2H3;3H2,1-2H3. The van der Waals surface area contributed by atoms with Crippen LogP contribution in [-0.2, 0) is 10.9 Å². The van der Waals surface area contributed by atoms with E-state index in [2.05, 4.69) is 19.9 Å². The Bertz CT molecular complexity index is 948. The highest BCUT2D eigenvalue weighted by molar-refractivity contribution is 7.16. The number of hydrogen-bond acceptors (Lipinski definition) is 6. The van der Waals surface area contributed by atoms with Crippen molar-refractivity contribution in [2.45, 2.75) is 20.0 Å². The average Bonchev–Trinajstić information content (AvgIpc) is 3.09. The number of thiophene rings is 1. The molecule has 0 bridgehead atoms. The lowest BCUT2D eigenvalue weighted by molar-refractivity contribution is -0.134. The summed E-state index contributed by atoms with van der Waals surface area (Å²) in [5.41, 5.74) is 1.72. The molecule has 10 heteroatoms. The van der Waals surface area contributed by atoms with Gasteiger partial charge in [0.25, 0.3) is 0 Å². The molecule has 2 aliphatic heterocycles. The summed E-state index contributed by atoms with van der Waals surface area (Å²) in [6.45, 7) is 7.26. The predicted molar refractivity (Wildman–Crippen MR) is 117 cm³/mol. The number of aryl methyl sites for hydroxylation is 1. The van der Waals surface area contributed by atoms with Crippen molar-refractivity contribution in [2.24, 2.45) is 4.99 Å². The molecular weight excluding hydrogens is 432 g/mol. The first-order chi connectivity index (χ1) is 14.6. The van der Waals surface area contributed by atoms with Crippen molar-refractivity contribution in [1.29, 1.82) is 0 Å². The summed E-state index contributed by atoms with van der Waals surface area (Å²) < 4.78 is 58.5. The summed E-state index contributed by atoms with van der Waals surface area (Å²) in [7, 11) is 3.68. The van der Waals surface area contributed by atoms with Crippen LogP contribution in [0.3, 0.4) is 0 Å². The Morgan fingerprint density at radius 1 is 1.16 bits per heavy atom. The maximum atomic E-state index is 14.1. The van der Waals surface area contributed by atoms with Crippen molar-refractivity contribution in [3.8, 4) is 0 Å². The van der Waals surface area contributed by atoms with Gasteiger partial charge in [0.15, 0.2) is 0 Å². The highest BCUT2D eigenvalue weighted by Crippen LogP contribution is 2.44. The van der Waals surface area contributed by atoms with Crippen LogP contribution in [0.5, 0.6) is 0 Å². The van der Waals surface area contributed by atoms with Crippen LogP contribution in [0.4, 0.5) is 33.9 Å². The molecule has 1 N–H and O–H groups in total. The minimum absolute atomic E-state index is 0.379. The van der Waals surface area contributed by atoms with Gasteiger partial charge < -0.3 is 19.9 Å². The maximum Gasteiger partial charge on any atom is 0.425 e. The van der Waals surface area contributed by atoms with Gasteiger partial charge in [-0.3, -0.25) is 0 Å². The molecule has 4 rings (SSSR count). The normalized spacial score (nSPS) is 16.4. The second-order valence-corrected chi connectivity index (χ2v) is 8.45. The number of aliphatic imine (C=N–C) groups is 1. The first-order valence-electron chi connectivity index (χ1n) is 9.93. The summed E-state index contributed by atoms with van der Waals surface area (Å²) in [4.78, 5) is 8.03. The van der Waals surface area contributed by atoms with Crippen LogP contribution in [0.15, 0.2) is 23.2 Å². The zero-order valence-corrected chi connectivity index (χ0v) is 18.8. The first kappa shape index (κ1) is 23.5. The Labute approximate surface area is 183 Å². The molecule has 31 heavy (non-hydrogen) atoms. The zero-order chi connectivity index (χ0) is 22.8. The van der Waals surface area contributed by atoms with Gasteiger partial charge in [-0.25, -0.2) is 9.38 Å². The van der Waals surface area contributed by atoms with E-state index in [1.807, 2.05) is 18.9 Å². The smallest absolute Gasteiger partial charge is 0.385 e. The molecule has 1 aromatic heterocycles. The van der Waals surface area contributed by atoms with Crippen molar-refractivity contribution in [1.82, 2.24) is 9.80 Å². The minimum atomic E-state index is -4.42. The molecule has 0 amide bonds. The van der Waals surface area contributed by atoms with Crippen molar-refractivity contribution >= 4 is 33.5 Å². The maximum absolute atomic E-state index is 14.1. The number of nitrogens with one attached hydrogen (secondary N) is 1. The Kier molecular flexibility index (Phi) is 7.23. The molecule has 5 nitrogen and oxygen atoms in total. The number of nitrogens with zero attached hydrogens (tertiary/aromatic N) is 3. The van der Waals surface area contributed by atoms with E-state index in [0.717, 1.165) is 25.8 Å². The molecule has 0 radical (unpaired) electrons. The van der Waals surface area contributed by atoms with Gasteiger partial charge in [-0.2, -0.15) is 13.2 Å². The molecule has 0 aliphatic carbocycles. The van der Waals surface area contributed by atoms with Gasteiger partial charge in [0.1, 0.15) is 21.5 Å². The quantitative estimate of drug-likeness (QED) is 0.593. The fourth-order valence-corrected chi connectivity index (χ4v) is 4.14. The first-order valence-corrected chi connectivity index (χ1v) is 10.7. The fraction of sp³-hybridized carbons (Fsp3) is 0.476. The lowest BCUT2D eigenvalue weighted by atomic mass is 10.2. The third-order valence-electron chi connectivity index (χ3n) is 5.10. The number of anilines is 2. The van der Waals surface area contributed by atoms with Gasteiger partial charge in [-0.15, -0.1) is 11.3 Å². The summed E-state index contributed by atoms with van der Waals surface area (Å²) in [6, 6.07) is 4.05. The SMILES string of the molecule is CCOC.Cc1cc2c(cc1F)N=C(N1CCN(C)CC1)c1cc(C(F)(F)F)sc1N2. The van der Waals surface area contributed by atoms with Crippen LogP contribution in [-0.4, -0.2) is 62.6 Å². The third kappa shape index (κ3) is 5.36. The van der Waals surface area contributed by atoms with E-state index >= 15 is 0 Å². The number of benzene rings is 1. The zero-order valence-electron chi connectivity index (χ0n) is 17.9. The number of likely N-dealkylation sites (N-methyl/N-ethyl adjacent to an activating group) is 1. The van der Waals surface area contributed by atoms with Crippen molar-refractivity contribution < 1.29 is 22.3 Å². The van der Waals surface area contributed by atoms with Crippen LogP contribution in [0.25, 0.3) is 0 Å². The van der Waals surface area contributed by atoms with Crippen molar-refractivity contribution in [3.05, 3.63) is 40.0 Å². The highest BCUT2D eigenvalue weighted by Gasteiger charge is 2.36. The average molecular weight is 459 g/mol. The van der Waals surface area contributed by atoms with Crippen LogP contribution < -0.4 is 5.32 Å². The predicted octanol–water partition coefficient (Wildman–Crippen LogP) is 5.25. The number of hydrogen-bond donors (Lipinski definition) is 1. The molecule has 170 valence electrons. The lowest BCUT2D eigenvalue weighted by Gasteiger charge is -2.34. The summed E-state index contributed by atoms with van der Waals surface area (Å²) in [5.74, 6) is 0.0672. The Balaban J connectivity index is 0.000000628. The summed E-state index contributed by atoms with van der Waals surface area (Å²) in [6.07, 6.45) is -4.42. The van der Waals surface area contributed by atoms with Crippen LogP contribution in [0, 0.1) is 12.7 Å². The molecule has 0 unspecified atom stereocenters. The molecule has 0 atom stereocenters. The second-order valence-electron chi connectivity index (χ2n) is 7.40. The third-order valence-corrected chi connectivity index (χ3v) is 6.19. The Morgan fingerprint density at radius 2 is 1.81 bits per heavy atom. The molecule has 2 aliphatic rings. The number of amidine groups is 1. The van der Waals surface area contributed by atoms with E-state index < -0.39 is 16.9 Å². The van der Waals surface area contributed by atoms with E-state index in [1.54, 1.807) is 20.1 Å². The number of halogens is 4. The molecule has 0 saturated carbocycles. The second kappa shape index (κ2) is 9.54. The van der Waals surface area contributed by atoms with Gasteiger partial charge in [-0.05, 0) is 38.6 Å². The van der Waals surface area contributed by atoms with Gasteiger partial charge >= 0.3 is 6.18 Å². The summed E-state index contributed by atoms with van der Waals surface area (Å²) in [5, 5.41) is 3.42. The number of piperazine rings is 1. The van der Waals surface area contributed by atoms with E-state index in [9.17, 15) is 17.6 Å². The van der Waals surface area contributed by atoms with E-state index in [0.29, 0.717) is 57.8 Å². The number of methoxy groups -OCH3 is 1. The molecule has 1 fully saturated rings. The topological polar surface area (TPSA) is 40.1 Å². The Hall–Kier alpha value is -2.17.